The molecule has 82 valence electrons. The Labute approximate surface area is 99.5 Å². The van der Waals surface area contributed by atoms with Crippen molar-refractivity contribution in [3.8, 4) is 12.1 Å². The first-order valence-electron chi connectivity index (χ1n) is 4.27. The van der Waals surface area contributed by atoms with Crippen LogP contribution in [0.25, 0.3) is 0 Å². The van der Waals surface area contributed by atoms with Gasteiger partial charge in [-0.2, -0.15) is 10.5 Å². The Kier molecular flexibility index (Phi) is 4.33. The molecule has 0 spiro atoms. The van der Waals surface area contributed by atoms with Crippen molar-refractivity contribution >= 4 is 15.9 Å². The van der Waals surface area contributed by atoms with Gasteiger partial charge in [0, 0.05) is 10.9 Å². The molecule has 1 heterocycles. The summed E-state index contributed by atoms with van der Waals surface area (Å²) in [5.41, 5.74) is -0.0189. The highest BCUT2D eigenvalue weighted by Gasteiger charge is 2.19. The van der Waals surface area contributed by atoms with Crippen LogP contribution in [0.5, 0.6) is 0 Å². The predicted molar refractivity (Wildman–Crippen MR) is 55.9 cm³/mol. The number of halogens is 3. The molecule has 0 unspecified atom stereocenters. The van der Waals surface area contributed by atoms with Gasteiger partial charge in [0.25, 0.3) is 6.43 Å². The molecule has 0 aliphatic rings. The van der Waals surface area contributed by atoms with Crippen molar-refractivity contribution in [2.45, 2.75) is 18.2 Å². The molecule has 0 aliphatic heterocycles. The fourth-order valence-electron chi connectivity index (χ4n) is 1.26. The fourth-order valence-corrected chi connectivity index (χ4v) is 1.55. The monoisotopic (exact) mass is 285 g/mol. The molecule has 0 N–H and O–H groups in total. The molecular formula is C10H6BrF2N3. The van der Waals surface area contributed by atoms with Gasteiger partial charge in [0.1, 0.15) is 5.69 Å². The zero-order valence-corrected chi connectivity index (χ0v) is 9.63. The molecule has 6 heteroatoms. The van der Waals surface area contributed by atoms with Crippen LogP contribution in [0.15, 0.2) is 6.07 Å². The summed E-state index contributed by atoms with van der Waals surface area (Å²) in [6, 6.07) is 4.97. The summed E-state index contributed by atoms with van der Waals surface area (Å²) < 4.78 is 25.4. The molecule has 0 atom stereocenters. The minimum absolute atomic E-state index is 0.0182. The second-order valence-corrected chi connectivity index (χ2v) is 3.47. The Morgan fingerprint density at radius 3 is 2.56 bits per heavy atom. The van der Waals surface area contributed by atoms with E-state index >= 15 is 0 Å². The lowest BCUT2D eigenvalue weighted by molar-refractivity contribution is 0.144. The number of aromatic nitrogens is 1. The van der Waals surface area contributed by atoms with E-state index in [0.29, 0.717) is 5.69 Å². The van der Waals surface area contributed by atoms with Crippen LogP contribution in [0.4, 0.5) is 8.78 Å². The molecule has 0 saturated carbocycles. The predicted octanol–water partition coefficient (Wildman–Crippen LogP) is 2.85. The zero-order valence-electron chi connectivity index (χ0n) is 8.04. The van der Waals surface area contributed by atoms with E-state index in [0.717, 1.165) is 0 Å². The summed E-state index contributed by atoms with van der Waals surface area (Å²) in [4.78, 5) is 3.72. The minimum Gasteiger partial charge on any atom is -0.251 e. The molecule has 0 aromatic carbocycles. The van der Waals surface area contributed by atoms with E-state index in [1.807, 2.05) is 0 Å². The van der Waals surface area contributed by atoms with Gasteiger partial charge in [0.15, 0.2) is 0 Å². The van der Waals surface area contributed by atoms with Gasteiger partial charge in [0.2, 0.25) is 0 Å². The van der Waals surface area contributed by atoms with Crippen molar-refractivity contribution in [3.63, 3.8) is 0 Å². The van der Waals surface area contributed by atoms with Crippen LogP contribution in [-0.2, 0) is 11.8 Å². The molecule has 0 bridgehead atoms. The molecule has 0 saturated heterocycles. The molecule has 1 rings (SSSR count). The second kappa shape index (κ2) is 5.53. The van der Waals surface area contributed by atoms with Crippen molar-refractivity contribution in [2.75, 3.05) is 0 Å². The van der Waals surface area contributed by atoms with Crippen molar-refractivity contribution in [1.82, 2.24) is 4.98 Å². The standard InChI is InChI=1S/C10H6BrF2N3/c11-4-7-3-6(5-15)8(1-2-14)9(16-7)10(12)13/h3,10H,1,4H2. The highest BCUT2D eigenvalue weighted by Crippen LogP contribution is 2.25. The molecule has 3 nitrogen and oxygen atoms in total. The summed E-state index contributed by atoms with van der Waals surface area (Å²) in [7, 11) is 0. The third-order valence-electron chi connectivity index (χ3n) is 1.93. The average Bonchev–Trinajstić information content (AvgIpc) is 2.29. The van der Waals surface area contributed by atoms with Crippen LogP contribution >= 0.6 is 15.9 Å². The average molecular weight is 286 g/mol. The molecule has 1 aromatic heterocycles. The molecular weight excluding hydrogens is 280 g/mol. The minimum atomic E-state index is -2.78. The van der Waals surface area contributed by atoms with Crippen LogP contribution in [0.3, 0.4) is 0 Å². The second-order valence-electron chi connectivity index (χ2n) is 2.91. The topological polar surface area (TPSA) is 60.5 Å². The van der Waals surface area contributed by atoms with Gasteiger partial charge in [-0.05, 0) is 6.07 Å². The molecule has 0 radical (unpaired) electrons. The Hall–Kier alpha value is -1.53. The summed E-state index contributed by atoms with van der Waals surface area (Å²) in [6.07, 6.45) is -3.02. The lowest BCUT2D eigenvalue weighted by Crippen LogP contribution is -2.04. The Bertz CT molecular complexity index is 474. The van der Waals surface area contributed by atoms with E-state index in [1.54, 1.807) is 12.1 Å². The third kappa shape index (κ3) is 2.53. The Morgan fingerprint density at radius 2 is 2.12 bits per heavy atom. The van der Waals surface area contributed by atoms with E-state index in [1.165, 1.54) is 6.07 Å². The maximum atomic E-state index is 12.7. The SMILES string of the molecule is N#CCc1c(C#N)cc(CBr)nc1C(F)F. The lowest BCUT2D eigenvalue weighted by atomic mass is 10.0. The van der Waals surface area contributed by atoms with Crippen molar-refractivity contribution in [2.24, 2.45) is 0 Å². The summed E-state index contributed by atoms with van der Waals surface area (Å²) >= 11 is 3.09. The van der Waals surface area contributed by atoms with Crippen molar-refractivity contribution < 1.29 is 8.78 Å². The molecule has 16 heavy (non-hydrogen) atoms. The maximum absolute atomic E-state index is 12.7. The first-order chi connectivity index (χ1) is 7.63. The van der Waals surface area contributed by atoms with Crippen LogP contribution < -0.4 is 0 Å². The normalized spacial score (nSPS) is 9.88. The number of alkyl halides is 3. The third-order valence-corrected chi connectivity index (χ3v) is 2.50. The first kappa shape index (κ1) is 12.5. The van der Waals surface area contributed by atoms with Gasteiger partial charge in [-0.25, -0.2) is 8.78 Å². The quantitative estimate of drug-likeness (QED) is 0.803. The van der Waals surface area contributed by atoms with Crippen LogP contribution in [0.2, 0.25) is 0 Å². The van der Waals surface area contributed by atoms with E-state index in [2.05, 4.69) is 20.9 Å². The van der Waals surface area contributed by atoms with Gasteiger partial charge < -0.3 is 0 Å². The molecule has 1 aromatic rings. The number of nitrogens with zero attached hydrogens (tertiary/aromatic N) is 3. The van der Waals surface area contributed by atoms with Crippen LogP contribution in [-0.4, -0.2) is 4.98 Å². The van der Waals surface area contributed by atoms with E-state index in [-0.39, 0.29) is 22.9 Å². The number of rotatable bonds is 3. The molecule has 0 aliphatic carbocycles. The van der Waals surface area contributed by atoms with E-state index in [9.17, 15) is 8.78 Å². The summed E-state index contributed by atoms with van der Waals surface area (Å²) in [5.74, 6) is 0. The van der Waals surface area contributed by atoms with Gasteiger partial charge in [-0.15, -0.1) is 0 Å². The molecule has 0 fully saturated rings. The zero-order chi connectivity index (χ0) is 12.1. The maximum Gasteiger partial charge on any atom is 0.280 e. The Balaban J connectivity index is 3.43. The van der Waals surface area contributed by atoms with Crippen molar-refractivity contribution in [1.29, 1.82) is 10.5 Å². The van der Waals surface area contributed by atoms with Crippen molar-refractivity contribution in [3.05, 3.63) is 28.6 Å². The van der Waals surface area contributed by atoms with Gasteiger partial charge >= 0.3 is 0 Å². The van der Waals surface area contributed by atoms with E-state index < -0.39 is 12.1 Å². The van der Waals surface area contributed by atoms with Gasteiger partial charge in [0.05, 0.1) is 29.8 Å². The first-order valence-corrected chi connectivity index (χ1v) is 5.40. The van der Waals surface area contributed by atoms with Gasteiger partial charge in [-0.1, -0.05) is 15.9 Å². The summed E-state index contributed by atoms with van der Waals surface area (Å²) in [6.45, 7) is 0. The smallest absolute Gasteiger partial charge is 0.251 e. The van der Waals surface area contributed by atoms with Crippen LogP contribution in [0, 0.1) is 22.7 Å². The number of pyridine rings is 1. The van der Waals surface area contributed by atoms with E-state index in [4.69, 9.17) is 10.5 Å². The number of hydrogen-bond donors (Lipinski definition) is 0. The Morgan fingerprint density at radius 1 is 1.44 bits per heavy atom. The van der Waals surface area contributed by atoms with Crippen LogP contribution in [0.1, 0.15) is 28.9 Å². The summed E-state index contributed by atoms with van der Waals surface area (Å²) in [5, 5.41) is 17.6. The van der Waals surface area contributed by atoms with Gasteiger partial charge in [-0.3, -0.25) is 4.98 Å². The number of nitriles is 2. The fraction of sp³-hybridized carbons (Fsp3) is 0.300. The molecule has 0 amide bonds. The largest absolute Gasteiger partial charge is 0.280 e. The highest BCUT2D eigenvalue weighted by molar-refractivity contribution is 9.08. The highest BCUT2D eigenvalue weighted by atomic mass is 79.9. The lowest BCUT2D eigenvalue weighted by Gasteiger charge is -2.08. The number of hydrogen-bond acceptors (Lipinski definition) is 3.